The van der Waals surface area contributed by atoms with Gasteiger partial charge < -0.3 is 14.6 Å². The first-order chi connectivity index (χ1) is 8.24. The van der Waals surface area contributed by atoms with Crippen LogP contribution in [0.2, 0.25) is 0 Å². The fourth-order valence-corrected chi connectivity index (χ4v) is 1.90. The van der Waals surface area contributed by atoms with Crippen LogP contribution < -0.4 is 4.74 Å². The molecule has 17 heavy (non-hydrogen) atoms. The van der Waals surface area contributed by atoms with Crippen LogP contribution in [0, 0.1) is 0 Å². The summed E-state index contributed by atoms with van der Waals surface area (Å²) in [5, 5.41) is 10.3. The highest BCUT2D eigenvalue weighted by Crippen LogP contribution is 2.29. The molecule has 0 aliphatic heterocycles. The van der Waals surface area contributed by atoms with E-state index < -0.39 is 6.10 Å². The van der Waals surface area contributed by atoms with E-state index in [0.29, 0.717) is 6.61 Å². The van der Waals surface area contributed by atoms with Crippen molar-refractivity contribution in [3.8, 4) is 5.75 Å². The van der Waals surface area contributed by atoms with Gasteiger partial charge in [-0.25, -0.2) is 0 Å². The molecule has 0 saturated carbocycles. The van der Waals surface area contributed by atoms with Gasteiger partial charge in [-0.2, -0.15) is 0 Å². The highest BCUT2D eigenvalue weighted by atomic mass is 16.5. The van der Waals surface area contributed by atoms with Gasteiger partial charge in [0, 0.05) is 12.7 Å². The summed E-state index contributed by atoms with van der Waals surface area (Å²) in [6.45, 7) is 4.60. The molecule has 0 amide bonds. The van der Waals surface area contributed by atoms with E-state index in [2.05, 4.69) is 6.92 Å². The van der Waals surface area contributed by atoms with Crippen molar-refractivity contribution >= 4 is 0 Å². The number of methoxy groups -OCH3 is 1. The normalized spacial score (nSPS) is 14.4. The summed E-state index contributed by atoms with van der Waals surface area (Å²) in [5.41, 5.74) is 0.801. The lowest BCUT2D eigenvalue weighted by molar-refractivity contribution is -0.0190. The topological polar surface area (TPSA) is 38.7 Å². The highest BCUT2D eigenvalue weighted by molar-refractivity contribution is 5.35. The fourth-order valence-electron chi connectivity index (χ4n) is 1.90. The molecular weight excluding hydrogens is 216 g/mol. The van der Waals surface area contributed by atoms with Crippen LogP contribution in [-0.4, -0.2) is 24.9 Å². The zero-order chi connectivity index (χ0) is 12.7. The van der Waals surface area contributed by atoms with Gasteiger partial charge >= 0.3 is 0 Å². The van der Waals surface area contributed by atoms with Crippen molar-refractivity contribution in [2.45, 2.75) is 38.9 Å². The number of aliphatic hydroxyl groups is 1. The molecule has 0 saturated heterocycles. The molecule has 96 valence electrons. The van der Waals surface area contributed by atoms with Gasteiger partial charge in [0.1, 0.15) is 11.9 Å². The fraction of sp³-hybridized carbons (Fsp3) is 0.571. The van der Waals surface area contributed by atoms with Gasteiger partial charge in [0.25, 0.3) is 0 Å². The predicted octanol–water partition coefficient (Wildman–Crippen LogP) is 2.93. The number of benzene rings is 1. The molecule has 3 heteroatoms. The van der Waals surface area contributed by atoms with Crippen molar-refractivity contribution in [1.29, 1.82) is 0 Å². The maximum absolute atomic E-state index is 10.3. The van der Waals surface area contributed by atoms with Crippen molar-refractivity contribution in [2.75, 3.05) is 13.7 Å². The van der Waals surface area contributed by atoms with Crippen LogP contribution >= 0.6 is 0 Å². The van der Waals surface area contributed by atoms with Crippen molar-refractivity contribution in [3.05, 3.63) is 29.8 Å². The molecule has 1 aromatic rings. The van der Waals surface area contributed by atoms with E-state index >= 15 is 0 Å². The van der Waals surface area contributed by atoms with E-state index in [9.17, 15) is 5.11 Å². The average Bonchev–Trinajstić information content (AvgIpc) is 2.36. The third-order valence-corrected chi connectivity index (χ3v) is 2.77. The largest absolute Gasteiger partial charge is 0.493 e. The maximum Gasteiger partial charge on any atom is 0.125 e. The zero-order valence-corrected chi connectivity index (χ0v) is 10.8. The molecule has 2 atom stereocenters. The molecule has 2 unspecified atom stereocenters. The summed E-state index contributed by atoms with van der Waals surface area (Å²) in [6, 6.07) is 7.57. The molecule has 1 rings (SSSR count). The van der Waals surface area contributed by atoms with Crippen molar-refractivity contribution < 1.29 is 14.6 Å². The molecule has 1 N–H and O–H groups in total. The number of rotatable bonds is 7. The SMILES string of the molecule is CCCC(OC)C(O)c1ccccc1OCC. The molecule has 0 spiro atoms. The molecule has 0 radical (unpaired) electrons. The second kappa shape index (κ2) is 7.30. The lowest BCUT2D eigenvalue weighted by atomic mass is 10.00. The molecule has 3 nitrogen and oxygen atoms in total. The molecule has 0 aromatic heterocycles. The van der Waals surface area contributed by atoms with Crippen molar-refractivity contribution in [2.24, 2.45) is 0 Å². The van der Waals surface area contributed by atoms with E-state index in [1.54, 1.807) is 7.11 Å². The number of ether oxygens (including phenoxy) is 2. The van der Waals surface area contributed by atoms with Crippen LogP contribution in [-0.2, 0) is 4.74 Å². The molecule has 0 bridgehead atoms. The van der Waals surface area contributed by atoms with Crippen LogP contribution in [0.5, 0.6) is 5.75 Å². The Balaban J connectivity index is 2.89. The zero-order valence-electron chi connectivity index (χ0n) is 10.8. The summed E-state index contributed by atoms with van der Waals surface area (Å²) in [6.07, 6.45) is 0.995. The summed E-state index contributed by atoms with van der Waals surface area (Å²) in [4.78, 5) is 0. The van der Waals surface area contributed by atoms with Crippen molar-refractivity contribution in [1.82, 2.24) is 0 Å². The number of aliphatic hydroxyl groups excluding tert-OH is 1. The minimum atomic E-state index is -0.636. The second-order valence-electron chi connectivity index (χ2n) is 3.98. The Kier molecular flexibility index (Phi) is 6.01. The van der Waals surface area contributed by atoms with Crippen LogP contribution in [0.3, 0.4) is 0 Å². The Morgan fingerprint density at radius 3 is 2.53 bits per heavy atom. The van der Waals surface area contributed by atoms with Crippen LogP contribution in [0.4, 0.5) is 0 Å². The molecule has 0 aliphatic carbocycles. The molecule has 0 heterocycles. The molecular formula is C14H22O3. The van der Waals surface area contributed by atoms with Crippen LogP contribution in [0.15, 0.2) is 24.3 Å². The number of para-hydroxylation sites is 1. The first-order valence-corrected chi connectivity index (χ1v) is 6.17. The molecule has 0 fully saturated rings. The highest BCUT2D eigenvalue weighted by Gasteiger charge is 2.22. The van der Waals surface area contributed by atoms with Gasteiger partial charge in [-0.15, -0.1) is 0 Å². The summed E-state index contributed by atoms with van der Waals surface area (Å²) in [7, 11) is 1.63. The van der Waals surface area contributed by atoms with Crippen LogP contribution in [0.1, 0.15) is 38.4 Å². The summed E-state index contributed by atoms with van der Waals surface area (Å²) < 4.78 is 10.8. The molecule has 1 aromatic carbocycles. The maximum atomic E-state index is 10.3. The van der Waals surface area contributed by atoms with Crippen LogP contribution in [0.25, 0.3) is 0 Å². The Morgan fingerprint density at radius 2 is 1.94 bits per heavy atom. The monoisotopic (exact) mass is 238 g/mol. The molecule has 0 aliphatic rings. The van der Waals surface area contributed by atoms with Gasteiger partial charge in [-0.05, 0) is 19.4 Å². The Morgan fingerprint density at radius 1 is 1.24 bits per heavy atom. The van der Waals surface area contributed by atoms with E-state index in [0.717, 1.165) is 24.2 Å². The van der Waals surface area contributed by atoms with E-state index in [4.69, 9.17) is 9.47 Å². The minimum absolute atomic E-state index is 0.179. The van der Waals surface area contributed by atoms with E-state index in [-0.39, 0.29) is 6.10 Å². The van der Waals surface area contributed by atoms with Gasteiger partial charge in [0.05, 0.1) is 12.7 Å². The van der Waals surface area contributed by atoms with Gasteiger partial charge in [-0.3, -0.25) is 0 Å². The van der Waals surface area contributed by atoms with Gasteiger partial charge in [0.15, 0.2) is 0 Å². The number of hydrogen-bond acceptors (Lipinski definition) is 3. The third-order valence-electron chi connectivity index (χ3n) is 2.77. The average molecular weight is 238 g/mol. The van der Waals surface area contributed by atoms with Gasteiger partial charge in [0.2, 0.25) is 0 Å². The minimum Gasteiger partial charge on any atom is -0.493 e. The first kappa shape index (κ1) is 14.0. The summed E-state index contributed by atoms with van der Waals surface area (Å²) >= 11 is 0. The Bertz CT molecular complexity index is 325. The third kappa shape index (κ3) is 3.72. The second-order valence-corrected chi connectivity index (χ2v) is 3.98. The Labute approximate surface area is 103 Å². The Hall–Kier alpha value is -1.06. The smallest absolute Gasteiger partial charge is 0.125 e. The quantitative estimate of drug-likeness (QED) is 0.793. The first-order valence-electron chi connectivity index (χ1n) is 6.17. The predicted molar refractivity (Wildman–Crippen MR) is 68.3 cm³/mol. The summed E-state index contributed by atoms with van der Waals surface area (Å²) in [5.74, 6) is 0.737. The van der Waals surface area contributed by atoms with E-state index in [1.165, 1.54) is 0 Å². The van der Waals surface area contributed by atoms with E-state index in [1.807, 2.05) is 31.2 Å². The number of hydrogen-bond donors (Lipinski definition) is 1. The lowest BCUT2D eigenvalue weighted by Crippen LogP contribution is -2.21. The van der Waals surface area contributed by atoms with Crippen molar-refractivity contribution in [3.63, 3.8) is 0 Å². The lowest BCUT2D eigenvalue weighted by Gasteiger charge is -2.23. The van der Waals surface area contributed by atoms with Gasteiger partial charge in [-0.1, -0.05) is 31.5 Å². The standard InChI is InChI=1S/C14H22O3/c1-4-8-13(16-3)14(15)11-9-6-7-10-12(11)17-5-2/h6-7,9-10,13-15H,4-5,8H2,1-3H3.